The minimum atomic E-state index is -8.39. The fraction of sp³-hybridized carbons (Fsp3) is 0.963. The fourth-order valence-corrected chi connectivity index (χ4v) is 27.5. The molecule has 0 bridgehead atoms. The molecule has 0 aromatic heterocycles. The number of halogens is 9. The normalized spacial score (nSPS) is 13.6. The Balaban J connectivity index is 14.3. The van der Waals surface area contributed by atoms with Gasteiger partial charge in [0.25, 0.3) is 25.7 Å². The highest BCUT2D eigenvalue weighted by Crippen LogP contribution is 2.62. The lowest BCUT2D eigenvalue weighted by molar-refractivity contribution is -0.391. The van der Waals surface area contributed by atoms with Crippen LogP contribution < -0.4 is 0 Å². The molecule has 0 aromatic rings. The van der Waals surface area contributed by atoms with E-state index in [2.05, 4.69) is 0 Å². The number of hydrogen-bond acceptors (Lipinski definition) is 20. The molecular formula is C82H162F9N9O20S9. The average Bonchev–Trinajstić information content (AvgIpc) is 0.640. The molecule has 0 saturated carbocycles. The number of rotatable bonds is 88. The Morgan fingerprint density at radius 2 is 0.364 bits per heavy atom. The second-order valence-electron chi connectivity index (χ2n) is 33.9. The third-order valence-corrected chi connectivity index (χ3v) is 36.4. The Morgan fingerprint density at radius 3 is 0.550 bits per heavy atom. The monoisotopic (exact) mass is 2050 g/mol. The molecule has 0 saturated heterocycles. The largest absolute Gasteiger partial charge is 0.462 e. The van der Waals surface area contributed by atoms with Crippen molar-refractivity contribution in [2.24, 2.45) is 0 Å². The van der Waals surface area contributed by atoms with Gasteiger partial charge in [0.1, 0.15) is 5.57 Å². The summed E-state index contributed by atoms with van der Waals surface area (Å²) < 4.78 is 466. The van der Waals surface area contributed by atoms with Crippen molar-refractivity contribution in [1.29, 1.82) is 0 Å². The zero-order chi connectivity index (χ0) is 98.3. The van der Waals surface area contributed by atoms with Crippen LogP contribution in [0.1, 0.15) is 429 Å². The highest BCUT2D eigenvalue weighted by Gasteiger charge is 2.94. The second-order valence-corrected chi connectivity index (χ2v) is 50.9. The maximum atomic E-state index is 22.1. The van der Waals surface area contributed by atoms with Gasteiger partial charge in [-0.1, -0.05) is 383 Å². The van der Waals surface area contributed by atoms with Gasteiger partial charge in [0.15, 0.2) is 0 Å². The first-order valence-corrected chi connectivity index (χ1v) is 62.3. The Labute approximate surface area is 772 Å². The van der Waals surface area contributed by atoms with Gasteiger partial charge in [0.2, 0.25) is 81.6 Å². The molecule has 29 nitrogen and oxygen atoms in total. The summed E-state index contributed by atoms with van der Waals surface area (Å²) in [7, 11) is -68.6. The molecule has 0 radical (unpaired) electrons. The smallest absolute Gasteiger partial charge is 0.341 e. The number of sulfonamides is 9. The van der Waals surface area contributed by atoms with Gasteiger partial charge in [-0.2, -0.15) is 0 Å². The van der Waals surface area contributed by atoms with Crippen LogP contribution in [0.2, 0.25) is 0 Å². The van der Waals surface area contributed by atoms with Crippen LogP contribution >= 0.6 is 0 Å². The molecule has 0 amide bonds. The predicted molar refractivity (Wildman–Crippen MR) is 492 cm³/mol. The maximum absolute atomic E-state index is 22.1. The Morgan fingerprint density at radius 1 is 0.209 bits per heavy atom. The van der Waals surface area contributed by atoms with E-state index in [-0.39, 0.29) is 135 Å². The van der Waals surface area contributed by atoms with Gasteiger partial charge < -0.3 is 4.74 Å². The van der Waals surface area contributed by atoms with Crippen molar-refractivity contribution in [3.8, 4) is 0 Å². The summed E-state index contributed by atoms with van der Waals surface area (Å²) in [5, 5.41) is 0. The van der Waals surface area contributed by atoms with E-state index < -0.39 is 333 Å². The lowest BCUT2D eigenvalue weighted by Crippen LogP contribution is -2.95. The van der Waals surface area contributed by atoms with Crippen LogP contribution in [-0.2, 0) is 99.7 Å². The fourth-order valence-electron chi connectivity index (χ4n) is 15.0. The summed E-state index contributed by atoms with van der Waals surface area (Å²) in [5.41, 5.74) is -20.7. The number of carbonyl (C=O) groups is 1. The van der Waals surface area contributed by atoms with Crippen molar-refractivity contribution in [2.45, 2.75) is 446 Å². The van der Waals surface area contributed by atoms with Crippen molar-refractivity contribution >= 4 is 96.2 Å². The van der Waals surface area contributed by atoms with Gasteiger partial charge in [0.05, 0.1) is 58.4 Å². The second kappa shape index (κ2) is 65.3. The highest BCUT2D eigenvalue weighted by atomic mass is 32.2. The van der Waals surface area contributed by atoms with Crippen LogP contribution in [0.4, 0.5) is 40.3 Å². The molecule has 0 aliphatic carbocycles. The third-order valence-electron chi connectivity index (χ3n) is 22.5. The van der Waals surface area contributed by atoms with Crippen molar-refractivity contribution in [3.63, 3.8) is 0 Å². The van der Waals surface area contributed by atoms with Gasteiger partial charge in [-0.15, -0.1) is 31.4 Å². The molecule has 0 aromatic carbocycles. The van der Waals surface area contributed by atoms with E-state index in [1.165, 1.54) is 6.92 Å². The number of carbonyl (C=O) groups excluding carboxylic acids is 1. The van der Waals surface area contributed by atoms with Crippen molar-refractivity contribution in [3.05, 3.63) is 11.4 Å². The first-order chi connectivity index (χ1) is 60.7. The van der Waals surface area contributed by atoms with Crippen molar-refractivity contribution < 1.29 is 126 Å². The number of esters is 1. The number of unbranched alkanes of at least 4 members (excludes halogenated alkanes) is 46. The minimum Gasteiger partial charge on any atom is -0.462 e. The summed E-state index contributed by atoms with van der Waals surface area (Å²) in [6, 6.07) is 0. The summed E-state index contributed by atoms with van der Waals surface area (Å²) in [6.07, 6.45) is -9.85. The van der Waals surface area contributed by atoms with Gasteiger partial charge >= 0.3 is 11.8 Å². The molecule has 0 atom stereocenters. The van der Waals surface area contributed by atoms with Crippen LogP contribution in [0.25, 0.3) is 0 Å². The maximum Gasteiger partial charge on any atom is 0.341 e. The zero-order valence-electron chi connectivity index (χ0n) is 78.9. The number of nitrogens with zero attached hydrogens (tertiary/aromatic N) is 9. The van der Waals surface area contributed by atoms with Crippen molar-refractivity contribution in [1.82, 2.24) is 40.7 Å². The van der Waals surface area contributed by atoms with E-state index in [0.717, 1.165) is 0 Å². The Bertz CT molecular complexity index is 3920. The quantitative estimate of drug-likeness (QED) is 0.0136. The first-order valence-electron chi connectivity index (χ1n) is 47.8. The van der Waals surface area contributed by atoms with Crippen LogP contribution in [0.3, 0.4) is 0 Å². The molecule has 0 rings (SSSR count). The van der Waals surface area contributed by atoms with E-state index in [9.17, 15) is 0 Å². The molecule has 0 heterocycles. The van der Waals surface area contributed by atoms with E-state index in [0.29, 0.717) is 116 Å². The first kappa shape index (κ1) is 126. The van der Waals surface area contributed by atoms with Gasteiger partial charge in [-0.05, 0) is 82.3 Å². The molecule has 0 unspecified atom stereocenters. The van der Waals surface area contributed by atoms with Crippen LogP contribution in [0, 0.1) is 0 Å². The lowest BCUT2D eigenvalue weighted by atomic mass is 9.81. The standard InChI is InChI=1S/C82H162F9N9O20S9/c1-11-21-31-40-49-58-68-121(102,103)92(83)78(93(84)122(104,105)69-59-50-41-32-22-12-2)77(79(101)120-67-30-20-10)80(94(85)123(106,107)70-60-51-42-33-23-13-3,95(86)124(108,109)71-61-52-43-34-24-14-4)81(96(87)125(110,111)72-62-53-44-35-25-15-5,97(88)126(112,113)73-63-54-45-36-26-16-6)82(98(89)127(114,115)74-64-55-46-37-27-17-7,99(90)128(116,117)75-65-56-47-38-28-18-8)100(91)129(118,119)76-66-57-48-39-29-19-9/h11-76H2,1-10H3. The zero-order valence-corrected chi connectivity index (χ0v) is 86.3. The summed E-state index contributed by atoms with van der Waals surface area (Å²) >= 11 is 0. The van der Waals surface area contributed by atoms with E-state index in [4.69, 9.17) is 4.74 Å². The molecule has 0 spiro atoms. The van der Waals surface area contributed by atoms with Gasteiger partial charge in [-0.3, -0.25) is 0 Å². The van der Waals surface area contributed by atoms with E-state index >= 15 is 121 Å². The predicted octanol–water partition coefficient (Wildman–Crippen LogP) is 21.5. The minimum absolute atomic E-state index is 0.00701. The number of ether oxygens (including phenoxy) is 1. The summed E-state index contributed by atoms with van der Waals surface area (Å²) in [4.78, 5) is 17.1. The Kier molecular flexibility index (Phi) is 64.0. The van der Waals surface area contributed by atoms with Crippen LogP contribution in [0.15, 0.2) is 11.4 Å². The molecule has 47 heteroatoms. The van der Waals surface area contributed by atoms with Gasteiger partial charge in [-0.25, -0.2) is 80.6 Å². The average molecular weight is 2050 g/mol. The van der Waals surface area contributed by atoms with E-state index in [1.54, 1.807) is 62.3 Å². The van der Waals surface area contributed by atoms with Crippen molar-refractivity contribution in [2.75, 3.05) is 58.4 Å². The van der Waals surface area contributed by atoms with E-state index in [1.807, 2.05) is 0 Å². The summed E-state index contributed by atoms with van der Waals surface area (Å²) in [5.74, 6) is -36.5. The topological polar surface area (TPSA) is 363 Å². The summed E-state index contributed by atoms with van der Waals surface area (Å²) in [6.45, 7) is 14.8. The van der Waals surface area contributed by atoms with Gasteiger partial charge in [0, 0.05) is 13.6 Å². The van der Waals surface area contributed by atoms with Crippen LogP contribution in [-0.4, -0.2) is 198 Å². The number of hydrogen-bond donors (Lipinski definition) is 0. The highest BCUT2D eigenvalue weighted by molar-refractivity contribution is 7.92. The molecule has 0 N–H and O–H groups in total. The van der Waals surface area contributed by atoms with Crippen LogP contribution in [0.5, 0.6) is 0 Å². The molecule has 0 fully saturated rings. The molecule has 129 heavy (non-hydrogen) atoms. The SMILES string of the molecule is CCCCCCCCS(=O)(=O)N(F)C(=C(C(=O)OCCCC)C(N(F)S(=O)(=O)CCCCCCCC)(N(F)S(=O)(=O)CCCCCCCC)C(N(F)S(=O)(=O)CCCCCCCC)(N(F)S(=O)(=O)CCCCCCCC)C(N(F)S(=O)(=O)CCCCCCCC)(N(F)S(=O)(=O)CCCCCCCC)N(F)S(=O)(=O)CCCCCCCC)N(F)S(=O)(=O)CCCCCCCC. The Hall–Kier alpha value is -2.55. The molecule has 0 aliphatic rings. The third kappa shape index (κ3) is 39.7. The molecular weight excluding hydrogens is 1890 g/mol. The molecule has 0 aliphatic heterocycles. The molecule has 772 valence electrons. The lowest BCUT2D eigenvalue weighted by Gasteiger charge is -2.61.